The van der Waals surface area contributed by atoms with Crippen molar-refractivity contribution in [3.05, 3.63) is 59.7 Å². The van der Waals surface area contributed by atoms with Gasteiger partial charge in [0.05, 0.1) is 12.2 Å². The summed E-state index contributed by atoms with van der Waals surface area (Å²) in [6.07, 6.45) is -0.715. The molecule has 0 N–H and O–H groups in total. The van der Waals surface area contributed by atoms with Crippen LogP contribution < -0.4 is 9.64 Å². The maximum atomic E-state index is 13.2. The summed E-state index contributed by atoms with van der Waals surface area (Å²) in [5, 5.41) is 0. The van der Waals surface area contributed by atoms with Crippen molar-refractivity contribution in [3.63, 3.8) is 0 Å². The van der Waals surface area contributed by atoms with Crippen LogP contribution in [0.25, 0.3) is 0 Å². The molecule has 0 fully saturated rings. The molecule has 5 heteroatoms. The van der Waals surface area contributed by atoms with E-state index >= 15 is 0 Å². The summed E-state index contributed by atoms with van der Waals surface area (Å²) in [6, 6.07) is 15.0. The van der Waals surface area contributed by atoms with Crippen molar-refractivity contribution >= 4 is 17.5 Å². The van der Waals surface area contributed by atoms with Gasteiger partial charge in [0.25, 0.3) is 11.8 Å². The van der Waals surface area contributed by atoms with Crippen molar-refractivity contribution in [1.29, 1.82) is 0 Å². The maximum Gasteiger partial charge on any atom is 0.265 e. The minimum Gasteiger partial charge on any atom is -0.476 e. The molecule has 1 aliphatic rings. The summed E-state index contributed by atoms with van der Waals surface area (Å²) in [6.45, 7) is 6.60. The molecule has 1 unspecified atom stereocenters. The second-order valence-electron chi connectivity index (χ2n) is 8.05. The number of hydrogen-bond donors (Lipinski definition) is 0. The van der Waals surface area contributed by atoms with Crippen LogP contribution in [0, 0.1) is 0 Å². The van der Waals surface area contributed by atoms with E-state index in [1.807, 2.05) is 42.5 Å². The average Bonchev–Trinajstić information content (AvgIpc) is 2.65. The van der Waals surface area contributed by atoms with Gasteiger partial charge in [0.2, 0.25) is 0 Å². The number of ether oxygens (including phenoxy) is 1. The number of amides is 2. The van der Waals surface area contributed by atoms with Gasteiger partial charge in [-0.2, -0.15) is 0 Å². The Hall–Kier alpha value is -2.82. The average molecular weight is 366 g/mol. The highest BCUT2D eigenvalue weighted by molar-refractivity contribution is 6.07. The fraction of sp³-hybridized carbons (Fsp3) is 0.364. The number of fused-ring (bicyclic) bond motifs is 1. The van der Waals surface area contributed by atoms with Crippen LogP contribution in [0.5, 0.6) is 5.75 Å². The smallest absolute Gasteiger partial charge is 0.265 e. The Labute approximate surface area is 160 Å². The lowest BCUT2D eigenvalue weighted by atomic mass is 9.86. The minimum atomic E-state index is -0.715. The van der Waals surface area contributed by atoms with Crippen LogP contribution in [0.15, 0.2) is 48.5 Å². The number of benzene rings is 2. The van der Waals surface area contributed by atoms with E-state index in [0.717, 1.165) is 0 Å². The third kappa shape index (κ3) is 3.82. The molecule has 0 aliphatic carbocycles. The van der Waals surface area contributed by atoms with Crippen LogP contribution in [0.4, 0.5) is 5.69 Å². The Morgan fingerprint density at radius 2 is 1.67 bits per heavy atom. The fourth-order valence-corrected chi connectivity index (χ4v) is 3.11. The first kappa shape index (κ1) is 19.0. The van der Waals surface area contributed by atoms with Gasteiger partial charge in [-0.1, -0.05) is 45.0 Å². The number of para-hydroxylation sites is 2. The van der Waals surface area contributed by atoms with Crippen LogP contribution in [0.1, 0.15) is 36.7 Å². The SMILES string of the molecule is CN(C)C(=O)C1CN(C(=O)c2ccc(C(C)(C)C)cc2)c2ccccc2O1. The predicted molar refractivity (Wildman–Crippen MR) is 106 cm³/mol. The van der Waals surface area contributed by atoms with Gasteiger partial charge in [-0.25, -0.2) is 0 Å². The number of likely N-dealkylation sites (N-methyl/N-ethyl adjacent to an activating group) is 1. The molecule has 2 amide bonds. The molecule has 142 valence electrons. The lowest BCUT2D eigenvalue weighted by Gasteiger charge is -2.35. The Bertz CT molecular complexity index is 851. The summed E-state index contributed by atoms with van der Waals surface area (Å²) in [5.41, 5.74) is 2.47. The lowest BCUT2D eigenvalue weighted by Crippen LogP contribution is -2.50. The van der Waals surface area contributed by atoms with Gasteiger partial charge in [0.15, 0.2) is 6.10 Å². The van der Waals surface area contributed by atoms with E-state index in [1.165, 1.54) is 10.5 Å². The largest absolute Gasteiger partial charge is 0.476 e. The molecule has 2 aromatic carbocycles. The van der Waals surface area contributed by atoms with Crippen LogP contribution >= 0.6 is 0 Å². The Kier molecular flexibility index (Phi) is 4.96. The van der Waals surface area contributed by atoms with Crippen molar-refractivity contribution in [1.82, 2.24) is 4.90 Å². The number of anilines is 1. The van der Waals surface area contributed by atoms with Gasteiger partial charge in [-0.15, -0.1) is 0 Å². The molecule has 0 radical (unpaired) electrons. The van der Waals surface area contributed by atoms with Crippen molar-refractivity contribution in [2.24, 2.45) is 0 Å². The molecule has 1 aliphatic heterocycles. The maximum absolute atomic E-state index is 13.2. The van der Waals surface area contributed by atoms with Crippen molar-refractivity contribution < 1.29 is 14.3 Å². The van der Waals surface area contributed by atoms with Gasteiger partial charge in [-0.05, 0) is 35.2 Å². The van der Waals surface area contributed by atoms with E-state index in [9.17, 15) is 9.59 Å². The van der Waals surface area contributed by atoms with Crippen molar-refractivity contribution in [3.8, 4) is 5.75 Å². The molecule has 1 atom stereocenters. The van der Waals surface area contributed by atoms with E-state index in [-0.39, 0.29) is 23.8 Å². The standard InChI is InChI=1S/C22H26N2O3/c1-22(2,3)16-12-10-15(11-13-16)20(25)24-14-19(21(26)23(4)5)27-18-9-7-6-8-17(18)24/h6-13,19H,14H2,1-5H3. The molecule has 2 aromatic rings. The molecule has 27 heavy (non-hydrogen) atoms. The predicted octanol–water partition coefficient (Wildman–Crippen LogP) is 3.48. The Balaban J connectivity index is 1.94. The third-order valence-corrected chi connectivity index (χ3v) is 4.73. The zero-order valence-electron chi connectivity index (χ0n) is 16.5. The number of nitrogens with zero attached hydrogens (tertiary/aromatic N) is 2. The van der Waals surface area contributed by atoms with Gasteiger partial charge in [0.1, 0.15) is 5.75 Å². The van der Waals surface area contributed by atoms with Crippen molar-refractivity contribution in [2.45, 2.75) is 32.3 Å². The molecule has 1 heterocycles. The second kappa shape index (κ2) is 7.06. The summed E-state index contributed by atoms with van der Waals surface area (Å²) >= 11 is 0. The summed E-state index contributed by atoms with van der Waals surface area (Å²) < 4.78 is 5.85. The van der Waals surface area contributed by atoms with Crippen LogP contribution in [0.2, 0.25) is 0 Å². The summed E-state index contributed by atoms with van der Waals surface area (Å²) in [4.78, 5) is 28.8. The van der Waals surface area contributed by atoms with E-state index in [2.05, 4.69) is 20.8 Å². The van der Waals surface area contributed by atoms with Gasteiger partial charge in [0, 0.05) is 19.7 Å². The first-order valence-corrected chi connectivity index (χ1v) is 9.08. The van der Waals surface area contributed by atoms with Crippen LogP contribution in [-0.2, 0) is 10.2 Å². The van der Waals surface area contributed by atoms with Crippen molar-refractivity contribution in [2.75, 3.05) is 25.5 Å². The molecular formula is C22H26N2O3. The molecule has 0 aromatic heterocycles. The van der Waals surface area contributed by atoms with Gasteiger partial charge >= 0.3 is 0 Å². The van der Waals surface area contributed by atoms with Crippen LogP contribution in [0.3, 0.4) is 0 Å². The first-order chi connectivity index (χ1) is 12.7. The zero-order valence-corrected chi connectivity index (χ0v) is 16.5. The topological polar surface area (TPSA) is 49.9 Å². The number of carbonyl (C=O) groups is 2. The lowest BCUT2D eigenvalue weighted by molar-refractivity contribution is -0.135. The Morgan fingerprint density at radius 3 is 2.26 bits per heavy atom. The minimum absolute atomic E-state index is 0.0242. The first-order valence-electron chi connectivity index (χ1n) is 9.08. The molecule has 0 bridgehead atoms. The van der Waals surface area contributed by atoms with E-state index in [1.54, 1.807) is 25.1 Å². The Morgan fingerprint density at radius 1 is 1.04 bits per heavy atom. The molecule has 5 nitrogen and oxygen atoms in total. The fourth-order valence-electron chi connectivity index (χ4n) is 3.11. The summed E-state index contributed by atoms with van der Waals surface area (Å²) in [5.74, 6) is 0.247. The highest BCUT2D eigenvalue weighted by Gasteiger charge is 2.34. The summed E-state index contributed by atoms with van der Waals surface area (Å²) in [7, 11) is 3.37. The van der Waals surface area contributed by atoms with E-state index in [0.29, 0.717) is 17.0 Å². The quantitative estimate of drug-likeness (QED) is 0.818. The molecule has 0 saturated heterocycles. The molecule has 0 spiro atoms. The molecule has 0 saturated carbocycles. The second-order valence-corrected chi connectivity index (χ2v) is 8.05. The molecule has 3 rings (SSSR count). The van der Waals surface area contributed by atoms with Gasteiger partial charge < -0.3 is 14.5 Å². The monoisotopic (exact) mass is 366 g/mol. The number of hydrogen-bond acceptors (Lipinski definition) is 3. The van der Waals surface area contributed by atoms with E-state index < -0.39 is 6.10 Å². The highest BCUT2D eigenvalue weighted by atomic mass is 16.5. The highest BCUT2D eigenvalue weighted by Crippen LogP contribution is 2.34. The molecular weight excluding hydrogens is 340 g/mol. The van der Waals surface area contributed by atoms with Crippen LogP contribution in [-0.4, -0.2) is 43.5 Å². The third-order valence-electron chi connectivity index (χ3n) is 4.73. The number of rotatable bonds is 2. The van der Waals surface area contributed by atoms with Gasteiger partial charge in [-0.3, -0.25) is 9.59 Å². The number of carbonyl (C=O) groups excluding carboxylic acids is 2. The van der Waals surface area contributed by atoms with E-state index in [4.69, 9.17) is 4.74 Å². The zero-order chi connectivity index (χ0) is 19.8. The normalized spacial score (nSPS) is 16.3.